The molecule has 1 aromatic heterocycles. The molecule has 1 fully saturated rings. The third-order valence-electron chi connectivity index (χ3n) is 3.20. The van der Waals surface area contributed by atoms with Crippen molar-refractivity contribution in [2.75, 3.05) is 18.4 Å². The quantitative estimate of drug-likeness (QED) is 0.761. The van der Waals surface area contributed by atoms with Gasteiger partial charge in [-0.2, -0.15) is 0 Å². The molecule has 2 unspecified atom stereocenters. The van der Waals surface area contributed by atoms with Crippen LogP contribution in [0, 0.1) is 5.92 Å². The number of rotatable bonds is 3. The lowest BCUT2D eigenvalue weighted by molar-refractivity contribution is 0.346. The van der Waals surface area contributed by atoms with Gasteiger partial charge in [0.1, 0.15) is 5.02 Å². The van der Waals surface area contributed by atoms with Gasteiger partial charge in [-0.25, -0.2) is 4.98 Å². The van der Waals surface area contributed by atoms with E-state index >= 15 is 0 Å². The summed E-state index contributed by atoms with van der Waals surface area (Å²) in [4.78, 5) is 17.8. The van der Waals surface area contributed by atoms with Gasteiger partial charge in [0, 0.05) is 6.04 Å². The SMILES string of the molecule is CC(Nc1nc[nH]c(=O)c1Cl)C1CCCNC1. The molecule has 0 radical (unpaired) electrons. The summed E-state index contributed by atoms with van der Waals surface area (Å²) < 4.78 is 0. The molecular weight excluding hydrogens is 240 g/mol. The van der Waals surface area contributed by atoms with Crippen LogP contribution in [0.5, 0.6) is 0 Å². The molecular formula is C11H17ClN4O. The Morgan fingerprint density at radius 2 is 2.47 bits per heavy atom. The minimum absolute atomic E-state index is 0.128. The van der Waals surface area contributed by atoms with Crippen molar-refractivity contribution in [1.82, 2.24) is 15.3 Å². The summed E-state index contributed by atoms with van der Waals surface area (Å²) in [5, 5.41) is 6.71. The Morgan fingerprint density at radius 1 is 1.65 bits per heavy atom. The normalized spacial score (nSPS) is 22.1. The number of H-pyrrole nitrogens is 1. The maximum atomic E-state index is 11.3. The number of aromatic nitrogens is 2. The average Bonchev–Trinajstić information content (AvgIpc) is 2.36. The molecule has 1 aliphatic rings. The molecule has 5 nitrogen and oxygen atoms in total. The van der Waals surface area contributed by atoms with E-state index in [0.29, 0.717) is 11.7 Å². The highest BCUT2D eigenvalue weighted by atomic mass is 35.5. The van der Waals surface area contributed by atoms with Crippen molar-refractivity contribution < 1.29 is 0 Å². The Kier molecular flexibility index (Phi) is 4.02. The highest BCUT2D eigenvalue weighted by molar-refractivity contribution is 6.32. The Balaban J connectivity index is 2.04. The molecule has 0 spiro atoms. The zero-order valence-corrected chi connectivity index (χ0v) is 10.5. The molecule has 3 N–H and O–H groups in total. The number of halogens is 1. The number of aromatic amines is 1. The molecule has 2 rings (SSSR count). The first-order valence-electron chi connectivity index (χ1n) is 5.89. The van der Waals surface area contributed by atoms with E-state index in [1.807, 2.05) is 0 Å². The number of anilines is 1. The summed E-state index contributed by atoms with van der Waals surface area (Å²) in [5.41, 5.74) is -0.307. The van der Waals surface area contributed by atoms with Gasteiger partial charge in [-0.05, 0) is 38.8 Å². The van der Waals surface area contributed by atoms with E-state index in [1.165, 1.54) is 19.2 Å². The highest BCUT2D eigenvalue weighted by Gasteiger charge is 2.20. The molecule has 0 amide bonds. The van der Waals surface area contributed by atoms with Gasteiger partial charge in [-0.1, -0.05) is 11.6 Å². The van der Waals surface area contributed by atoms with Gasteiger partial charge in [0.05, 0.1) is 6.33 Å². The molecule has 0 bridgehead atoms. The van der Waals surface area contributed by atoms with Crippen LogP contribution in [0.2, 0.25) is 5.02 Å². The van der Waals surface area contributed by atoms with Gasteiger partial charge in [0.15, 0.2) is 5.82 Å². The van der Waals surface area contributed by atoms with Gasteiger partial charge in [0.2, 0.25) is 0 Å². The molecule has 1 saturated heterocycles. The second-order valence-electron chi connectivity index (χ2n) is 4.43. The van der Waals surface area contributed by atoms with Crippen molar-refractivity contribution in [3.63, 3.8) is 0 Å². The number of hydrogen-bond acceptors (Lipinski definition) is 4. The Bertz CT molecular complexity index is 428. The number of piperidine rings is 1. The molecule has 6 heteroatoms. The maximum absolute atomic E-state index is 11.3. The number of hydrogen-bond donors (Lipinski definition) is 3. The van der Waals surface area contributed by atoms with Crippen LogP contribution in [-0.4, -0.2) is 29.1 Å². The fraction of sp³-hybridized carbons (Fsp3) is 0.636. The van der Waals surface area contributed by atoms with Crippen LogP contribution in [0.3, 0.4) is 0 Å². The highest BCUT2D eigenvalue weighted by Crippen LogP contribution is 2.20. The summed E-state index contributed by atoms with van der Waals surface area (Å²) in [6.45, 7) is 4.18. The van der Waals surface area contributed by atoms with Crippen LogP contribution < -0.4 is 16.2 Å². The molecule has 0 saturated carbocycles. The van der Waals surface area contributed by atoms with Crippen LogP contribution in [0.25, 0.3) is 0 Å². The van der Waals surface area contributed by atoms with Gasteiger partial charge < -0.3 is 15.6 Å². The third kappa shape index (κ3) is 2.98. The molecule has 1 aromatic rings. The minimum atomic E-state index is -0.307. The van der Waals surface area contributed by atoms with E-state index < -0.39 is 0 Å². The van der Waals surface area contributed by atoms with Crippen molar-refractivity contribution in [1.29, 1.82) is 0 Å². The zero-order chi connectivity index (χ0) is 12.3. The lowest BCUT2D eigenvalue weighted by Gasteiger charge is -2.29. The first-order chi connectivity index (χ1) is 8.18. The van der Waals surface area contributed by atoms with Crippen LogP contribution in [0.15, 0.2) is 11.1 Å². The van der Waals surface area contributed by atoms with E-state index in [4.69, 9.17) is 11.6 Å². The third-order valence-corrected chi connectivity index (χ3v) is 3.55. The summed E-state index contributed by atoms with van der Waals surface area (Å²) in [6, 6.07) is 0.245. The van der Waals surface area contributed by atoms with Crippen molar-refractivity contribution >= 4 is 17.4 Å². The van der Waals surface area contributed by atoms with E-state index in [9.17, 15) is 4.79 Å². The van der Waals surface area contributed by atoms with Gasteiger partial charge in [-0.3, -0.25) is 4.79 Å². The largest absolute Gasteiger partial charge is 0.366 e. The van der Waals surface area contributed by atoms with Crippen molar-refractivity contribution in [3.05, 3.63) is 21.7 Å². The molecule has 2 atom stereocenters. The smallest absolute Gasteiger partial charge is 0.271 e. The Morgan fingerprint density at radius 3 is 3.18 bits per heavy atom. The number of nitrogens with one attached hydrogen (secondary N) is 3. The van der Waals surface area contributed by atoms with E-state index in [1.54, 1.807) is 0 Å². The molecule has 2 heterocycles. The lowest BCUT2D eigenvalue weighted by atomic mass is 9.93. The molecule has 17 heavy (non-hydrogen) atoms. The zero-order valence-electron chi connectivity index (χ0n) is 9.79. The van der Waals surface area contributed by atoms with Crippen LogP contribution in [0.1, 0.15) is 19.8 Å². The summed E-state index contributed by atoms with van der Waals surface area (Å²) in [7, 11) is 0. The predicted octanol–water partition coefficient (Wildman–Crippen LogP) is 1.22. The van der Waals surface area contributed by atoms with Crippen LogP contribution >= 0.6 is 11.6 Å². The molecule has 0 aromatic carbocycles. The lowest BCUT2D eigenvalue weighted by Crippen LogP contribution is -2.39. The standard InChI is InChI=1S/C11H17ClN4O/c1-7(8-3-2-4-13-5-8)16-10-9(12)11(17)15-6-14-10/h6-8,13H,2-5H2,1H3,(H2,14,15,16,17). The Hall–Kier alpha value is -1.07. The maximum Gasteiger partial charge on any atom is 0.271 e. The van der Waals surface area contributed by atoms with E-state index in [2.05, 4.69) is 27.5 Å². The number of nitrogens with zero attached hydrogens (tertiary/aromatic N) is 1. The molecule has 1 aliphatic heterocycles. The van der Waals surface area contributed by atoms with Gasteiger partial charge in [-0.15, -0.1) is 0 Å². The average molecular weight is 257 g/mol. The second kappa shape index (κ2) is 5.51. The van der Waals surface area contributed by atoms with Crippen molar-refractivity contribution in [2.45, 2.75) is 25.8 Å². The first-order valence-corrected chi connectivity index (χ1v) is 6.26. The summed E-state index contributed by atoms with van der Waals surface area (Å²) in [6.07, 6.45) is 3.73. The molecule has 94 valence electrons. The fourth-order valence-corrected chi connectivity index (χ4v) is 2.28. The van der Waals surface area contributed by atoms with Gasteiger partial charge >= 0.3 is 0 Å². The van der Waals surface area contributed by atoms with Crippen LogP contribution in [-0.2, 0) is 0 Å². The second-order valence-corrected chi connectivity index (χ2v) is 4.81. The van der Waals surface area contributed by atoms with Crippen molar-refractivity contribution in [3.8, 4) is 0 Å². The minimum Gasteiger partial charge on any atom is -0.366 e. The fourth-order valence-electron chi connectivity index (χ4n) is 2.12. The van der Waals surface area contributed by atoms with E-state index in [0.717, 1.165) is 13.1 Å². The predicted molar refractivity (Wildman–Crippen MR) is 68.5 cm³/mol. The monoisotopic (exact) mass is 256 g/mol. The topological polar surface area (TPSA) is 69.8 Å². The van der Waals surface area contributed by atoms with Crippen LogP contribution in [0.4, 0.5) is 5.82 Å². The van der Waals surface area contributed by atoms with Gasteiger partial charge in [0.25, 0.3) is 5.56 Å². The molecule has 0 aliphatic carbocycles. The Labute approximate surface area is 105 Å². The van der Waals surface area contributed by atoms with Crippen molar-refractivity contribution in [2.24, 2.45) is 5.92 Å². The summed E-state index contributed by atoms with van der Waals surface area (Å²) >= 11 is 5.89. The summed E-state index contributed by atoms with van der Waals surface area (Å²) in [5.74, 6) is 1.01. The first kappa shape index (κ1) is 12.4. The van der Waals surface area contributed by atoms with E-state index in [-0.39, 0.29) is 16.6 Å².